The van der Waals surface area contributed by atoms with E-state index in [-0.39, 0.29) is 0 Å². The van der Waals surface area contributed by atoms with Crippen molar-refractivity contribution in [2.45, 2.75) is 20.4 Å². The Morgan fingerprint density at radius 2 is 2.29 bits per heavy atom. The summed E-state index contributed by atoms with van der Waals surface area (Å²) >= 11 is 0. The Balaban J connectivity index is 2.77. The molecule has 0 N–H and O–H groups in total. The summed E-state index contributed by atoms with van der Waals surface area (Å²) in [7, 11) is 0. The molecule has 0 fully saturated rings. The highest BCUT2D eigenvalue weighted by Crippen LogP contribution is 2.18. The number of fused-ring (bicyclic) bond motifs is 1. The molecule has 0 saturated heterocycles. The summed E-state index contributed by atoms with van der Waals surface area (Å²) in [6, 6.07) is 5.66. The van der Waals surface area contributed by atoms with Crippen molar-refractivity contribution in [3.63, 3.8) is 0 Å². The van der Waals surface area contributed by atoms with E-state index in [9.17, 15) is 4.79 Å². The number of rotatable bonds is 2. The topological polar surface area (TPSA) is 34.9 Å². The van der Waals surface area contributed by atoms with Gasteiger partial charge in [0.1, 0.15) is 6.29 Å². The Kier molecular flexibility index (Phi) is 2.08. The van der Waals surface area contributed by atoms with Gasteiger partial charge in [-0.1, -0.05) is 12.1 Å². The highest BCUT2D eigenvalue weighted by molar-refractivity contribution is 5.88. The van der Waals surface area contributed by atoms with Crippen molar-refractivity contribution < 1.29 is 4.79 Å². The molecule has 0 bridgehead atoms. The van der Waals surface area contributed by atoms with Crippen LogP contribution in [0.3, 0.4) is 0 Å². The van der Waals surface area contributed by atoms with Gasteiger partial charge in [0.25, 0.3) is 0 Å². The maximum atomic E-state index is 10.6. The van der Waals surface area contributed by atoms with Crippen molar-refractivity contribution in [3.8, 4) is 0 Å². The molecule has 0 spiro atoms. The first-order valence-electron chi connectivity index (χ1n) is 4.68. The summed E-state index contributed by atoms with van der Waals surface area (Å²) < 4.78 is 1.91. The van der Waals surface area contributed by atoms with E-state index in [1.165, 1.54) is 0 Å². The number of carbonyl (C=O) groups excluding carboxylic acids is 1. The molecule has 0 aliphatic heterocycles. The highest BCUT2D eigenvalue weighted by Gasteiger charge is 2.05. The molecule has 1 aromatic carbocycles. The molecule has 0 unspecified atom stereocenters. The fraction of sp³-hybridized carbons (Fsp3) is 0.273. The van der Waals surface area contributed by atoms with E-state index in [1.54, 1.807) is 0 Å². The Morgan fingerprint density at radius 3 is 2.93 bits per heavy atom. The smallest absolute Gasteiger partial charge is 0.150 e. The van der Waals surface area contributed by atoms with Crippen LogP contribution in [0.25, 0.3) is 10.9 Å². The quantitative estimate of drug-likeness (QED) is 0.677. The first-order valence-corrected chi connectivity index (χ1v) is 4.68. The minimum absolute atomic E-state index is 0.701. The second kappa shape index (κ2) is 3.25. The number of aryl methyl sites for hydroxylation is 2. The molecule has 72 valence electrons. The molecule has 1 heterocycles. The maximum absolute atomic E-state index is 10.6. The number of hydrogen-bond acceptors (Lipinski definition) is 2. The summed E-state index contributed by atoms with van der Waals surface area (Å²) in [5.41, 5.74) is 2.75. The third-order valence-corrected chi connectivity index (χ3v) is 2.40. The van der Waals surface area contributed by atoms with Gasteiger partial charge in [0.05, 0.1) is 11.2 Å². The molecule has 3 nitrogen and oxygen atoms in total. The van der Waals surface area contributed by atoms with E-state index >= 15 is 0 Å². The van der Waals surface area contributed by atoms with Gasteiger partial charge in [-0.2, -0.15) is 5.10 Å². The van der Waals surface area contributed by atoms with E-state index in [0.29, 0.717) is 5.56 Å². The number of aldehydes is 1. The average molecular weight is 188 g/mol. The molecule has 0 aliphatic rings. The molecular weight excluding hydrogens is 176 g/mol. The molecule has 0 saturated carbocycles. The zero-order valence-corrected chi connectivity index (χ0v) is 8.32. The number of carbonyl (C=O) groups is 1. The molecule has 1 aromatic heterocycles. The van der Waals surface area contributed by atoms with Crippen molar-refractivity contribution in [1.29, 1.82) is 0 Å². The van der Waals surface area contributed by atoms with E-state index in [1.807, 2.05) is 36.7 Å². The second-order valence-electron chi connectivity index (χ2n) is 3.30. The molecule has 14 heavy (non-hydrogen) atoms. The summed E-state index contributed by atoms with van der Waals surface area (Å²) in [5, 5.41) is 5.51. The normalized spacial score (nSPS) is 10.7. The van der Waals surface area contributed by atoms with Gasteiger partial charge in [-0.25, -0.2) is 0 Å². The van der Waals surface area contributed by atoms with Gasteiger partial charge in [-0.05, 0) is 19.9 Å². The summed E-state index contributed by atoms with van der Waals surface area (Å²) in [4.78, 5) is 10.6. The molecule has 0 amide bonds. The lowest BCUT2D eigenvalue weighted by Gasteiger charge is -1.97. The standard InChI is InChI=1S/C11H12N2O/c1-3-13-11-6-9(7-14)4-5-10(11)8(2)12-13/h4-7H,3H2,1-2H3. The van der Waals surface area contributed by atoms with Crippen molar-refractivity contribution in [3.05, 3.63) is 29.5 Å². The lowest BCUT2D eigenvalue weighted by Crippen LogP contribution is -1.96. The van der Waals surface area contributed by atoms with Crippen LogP contribution in [-0.2, 0) is 6.54 Å². The Morgan fingerprint density at radius 1 is 1.50 bits per heavy atom. The molecule has 3 heteroatoms. The third kappa shape index (κ3) is 1.21. The summed E-state index contributed by atoms with van der Waals surface area (Å²) in [6.45, 7) is 4.85. The van der Waals surface area contributed by atoms with Gasteiger partial charge < -0.3 is 0 Å². The predicted molar refractivity (Wildman–Crippen MR) is 55.5 cm³/mol. The van der Waals surface area contributed by atoms with Crippen LogP contribution in [0.15, 0.2) is 18.2 Å². The van der Waals surface area contributed by atoms with Crippen LogP contribution in [0.1, 0.15) is 23.0 Å². The third-order valence-electron chi connectivity index (χ3n) is 2.40. The van der Waals surface area contributed by atoms with Crippen molar-refractivity contribution in [2.75, 3.05) is 0 Å². The molecular formula is C11H12N2O. The van der Waals surface area contributed by atoms with Crippen LogP contribution in [-0.4, -0.2) is 16.1 Å². The van der Waals surface area contributed by atoms with Crippen LogP contribution >= 0.6 is 0 Å². The molecule has 0 radical (unpaired) electrons. The van der Waals surface area contributed by atoms with Gasteiger partial charge in [0, 0.05) is 17.5 Å². The van der Waals surface area contributed by atoms with Crippen molar-refractivity contribution >= 4 is 17.2 Å². The SMILES string of the molecule is CCn1nc(C)c2ccc(C=O)cc21. The molecule has 0 atom stereocenters. The Labute approximate surface area is 82.3 Å². The van der Waals surface area contributed by atoms with Crippen molar-refractivity contribution in [2.24, 2.45) is 0 Å². The fourth-order valence-corrected chi connectivity index (χ4v) is 1.67. The molecule has 2 rings (SSSR count). The first-order chi connectivity index (χ1) is 6.76. The number of benzene rings is 1. The van der Waals surface area contributed by atoms with Gasteiger partial charge >= 0.3 is 0 Å². The molecule has 0 aliphatic carbocycles. The Bertz CT molecular complexity index is 485. The monoisotopic (exact) mass is 188 g/mol. The predicted octanol–water partition coefficient (Wildman–Crippen LogP) is 2.18. The van der Waals surface area contributed by atoms with E-state index in [0.717, 1.165) is 29.4 Å². The van der Waals surface area contributed by atoms with Crippen molar-refractivity contribution in [1.82, 2.24) is 9.78 Å². The van der Waals surface area contributed by atoms with Gasteiger partial charge in [0.15, 0.2) is 0 Å². The van der Waals surface area contributed by atoms with Crippen LogP contribution in [0, 0.1) is 6.92 Å². The first kappa shape index (κ1) is 8.94. The van der Waals surface area contributed by atoms with Crippen LogP contribution in [0.4, 0.5) is 0 Å². The van der Waals surface area contributed by atoms with Crippen LogP contribution in [0.5, 0.6) is 0 Å². The average Bonchev–Trinajstić information content (AvgIpc) is 2.55. The van der Waals surface area contributed by atoms with Gasteiger partial charge in [-0.15, -0.1) is 0 Å². The van der Waals surface area contributed by atoms with E-state index < -0.39 is 0 Å². The van der Waals surface area contributed by atoms with E-state index in [2.05, 4.69) is 5.10 Å². The zero-order valence-electron chi connectivity index (χ0n) is 8.32. The summed E-state index contributed by atoms with van der Waals surface area (Å²) in [6.07, 6.45) is 0.863. The lowest BCUT2D eigenvalue weighted by atomic mass is 10.1. The zero-order chi connectivity index (χ0) is 10.1. The van der Waals surface area contributed by atoms with Crippen LogP contribution < -0.4 is 0 Å². The Hall–Kier alpha value is -1.64. The van der Waals surface area contributed by atoms with Crippen LogP contribution in [0.2, 0.25) is 0 Å². The minimum atomic E-state index is 0.701. The largest absolute Gasteiger partial charge is 0.298 e. The number of aromatic nitrogens is 2. The highest BCUT2D eigenvalue weighted by atomic mass is 16.1. The fourth-order valence-electron chi connectivity index (χ4n) is 1.67. The summed E-state index contributed by atoms with van der Waals surface area (Å²) in [5.74, 6) is 0. The number of nitrogens with zero attached hydrogens (tertiary/aromatic N) is 2. The maximum Gasteiger partial charge on any atom is 0.150 e. The number of hydrogen-bond donors (Lipinski definition) is 0. The minimum Gasteiger partial charge on any atom is -0.298 e. The molecule has 2 aromatic rings. The van der Waals surface area contributed by atoms with E-state index in [4.69, 9.17) is 0 Å². The second-order valence-corrected chi connectivity index (χ2v) is 3.30. The lowest BCUT2D eigenvalue weighted by molar-refractivity contribution is 0.112. The van der Waals surface area contributed by atoms with Gasteiger partial charge in [0.2, 0.25) is 0 Å². The van der Waals surface area contributed by atoms with Gasteiger partial charge in [-0.3, -0.25) is 9.48 Å².